The van der Waals surface area contributed by atoms with Crippen molar-refractivity contribution in [1.29, 1.82) is 0 Å². The summed E-state index contributed by atoms with van der Waals surface area (Å²) < 4.78 is 26.6. The molecule has 48 heavy (non-hydrogen) atoms. The summed E-state index contributed by atoms with van der Waals surface area (Å²) in [5.74, 6) is 4.09. The first-order valence-electron chi connectivity index (χ1n) is 16.2. The number of aromatic nitrogens is 2. The van der Waals surface area contributed by atoms with Crippen LogP contribution in [0.1, 0.15) is 45.2 Å². The van der Waals surface area contributed by atoms with E-state index in [0.717, 1.165) is 34.5 Å². The first-order valence-corrected chi connectivity index (χ1v) is 16.2. The fourth-order valence-electron chi connectivity index (χ4n) is 7.70. The maximum absolute atomic E-state index is 14.3. The zero-order valence-electron chi connectivity index (χ0n) is 28.0. The molecule has 0 saturated carbocycles. The number of carbonyl (C=O) groups is 2. The van der Waals surface area contributed by atoms with Gasteiger partial charge in [0.05, 0.1) is 47.1 Å². The molecule has 2 atom stereocenters. The summed E-state index contributed by atoms with van der Waals surface area (Å²) in [6.45, 7) is 3.25. The van der Waals surface area contributed by atoms with E-state index in [9.17, 15) is 9.59 Å². The monoisotopic (exact) mass is 646 g/mol. The molecule has 0 spiro atoms. The zero-order chi connectivity index (χ0) is 33.5. The SMILES string of the molecule is COc1ccc(C(=O)C[n+]2c(C)n(CCC(=O)N3C[C@@H]4Cc5cc(OC)c(OC)cc5[C@@H]4c4cccc(OC)c43)c3ccccc32)cc1. The summed E-state index contributed by atoms with van der Waals surface area (Å²) in [5, 5.41) is 0. The van der Waals surface area contributed by atoms with Crippen molar-refractivity contribution >= 4 is 28.4 Å². The van der Waals surface area contributed by atoms with Crippen LogP contribution >= 0.6 is 0 Å². The Labute approximate surface area is 280 Å². The van der Waals surface area contributed by atoms with Gasteiger partial charge in [0, 0.05) is 24.9 Å². The Bertz CT molecular complexity index is 2030. The number of amides is 1. The lowest BCUT2D eigenvalue weighted by Crippen LogP contribution is -2.42. The molecule has 1 aliphatic carbocycles. The predicted octanol–water partition coefficient (Wildman–Crippen LogP) is 5.90. The number of fused-ring (bicyclic) bond motifs is 6. The van der Waals surface area contributed by atoms with E-state index in [-0.39, 0.29) is 36.5 Å². The minimum absolute atomic E-state index is 0.00380. The lowest BCUT2D eigenvalue weighted by molar-refractivity contribution is -0.664. The molecule has 1 aliphatic heterocycles. The number of hydrogen-bond donors (Lipinski definition) is 0. The van der Waals surface area contributed by atoms with Crippen molar-refractivity contribution in [3.63, 3.8) is 0 Å². The molecule has 2 aliphatic rings. The van der Waals surface area contributed by atoms with Crippen LogP contribution in [0, 0.1) is 12.8 Å². The molecule has 0 N–H and O–H groups in total. The Morgan fingerprint density at radius 3 is 2.27 bits per heavy atom. The quantitative estimate of drug-likeness (QED) is 0.139. The van der Waals surface area contributed by atoms with Gasteiger partial charge in [0.25, 0.3) is 5.82 Å². The number of anilines is 1. The highest BCUT2D eigenvalue weighted by molar-refractivity contribution is 5.97. The van der Waals surface area contributed by atoms with Gasteiger partial charge < -0.3 is 23.8 Å². The number of imidazole rings is 1. The Kier molecular flexibility index (Phi) is 8.29. The van der Waals surface area contributed by atoms with Crippen molar-refractivity contribution in [2.75, 3.05) is 39.9 Å². The standard InChI is InChI=1S/C39H40N3O6/c1-24-40(31-10-6-7-11-32(31)41(24)23-33(43)25-13-15-28(45-2)16-14-25)18-17-37(44)42-22-27-19-26-20-35(47-4)36(48-5)21-30(26)38(27)29-9-8-12-34(46-3)39(29)42/h6-16,20-21,27,38H,17-19,22-23H2,1-5H3/q+1/t27-,38-/m0/s1. The van der Waals surface area contributed by atoms with Gasteiger partial charge in [0.2, 0.25) is 11.7 Å². The Balaban J connectivity index is 1.18. The molecule has 5 aromatic rings. The van der Waals surface area contributed by atoms with E-state index in [1.54, 1.807) is 52.7 Å². The van der Waals surface area contributed by atoms with Crippen molar-refractivity contribution in [2.24, 2.45) is 5.92 Å². The second kappa shape index (κ2) is 12.7. The first kappa shape index (κ1) is 31.3. The summed E-state index contributed by atoms with van der Waals surface area (Å²) in [7, 11) is 6.58. The van der Waals surface area contributed by atoms with Crippen LogP contribution in [0.3, 0.4) is 0 Å². The van der Waals surface area contributed by atoms with Gasteiger partial charge in [-0.3, -0.25) is 9.59 Å². The minimum atomic E-state index is 0.00380. The number of ketones is 1. The van der Waals surface area contributed by atoms with Gasteiger partial charge in [-0.2, -0.15) is 0 Å². The maximum atomic E-state index is 14.3. The van der Waals surface area contributed by atoms with Gasteiger partial charge in [0.1, 0.15) is 11.5 Å². The topological polar surface area (TPSA) is 83.1 Å². The number of aryl methyl sites for hydroxylation is 1. The maximum Gasteiger partial charge on any atom is 0.254 e. The van der Waals surface area contributed by atoms with Gasteiger partial charge >= 0.3 is 0 Å². The van der Waals surface area contributed by atoms with Crippen molar-refractivity contribution in [3.8, 4) is 23.0 Å². The van der Waals surface area contributed by atoms with E-state index in [1.165, 1.54) is 11.1 Å². The molecule has 0 bridgehead atoms. The number of nitrogens with zero attached hydrogens (tertiary/aromatic N) is 3. The molecule has 2 heterocycles. The lowest BCUT2D eigenvalue weighted by Gasteiger charge is -2.38. The van der Waals surface area contributed by atoms with E-state index in [0.29, 0.717) is 41.7 Å². The van der Waals surface area contributed by atoms with Crippen LogP contribution < -0.4 is 28.4 Å². The summed E-state index contributed by atoms with van der Waals surface area (Å²) in [6, 6.07) is 25.4. The highest BCUT2D eigenvalue weighted by Gasteiger charge is 2.43. The van der Waals surface area contributed by atoms with Gasteiger partial charge in [-0.15, -0.1) is 0 Å². The zero-order valence-corrected chi connectivity index (χ0v) is 28.0. The van der Waals surface area contributed by atoms with E-state index in [2.05, 4.69) is 22.8 Å². The largest absolute Gasteiger partial charge is 0.497 e. The summed E-state index contributed by atoms with van der Waals surface area (Å²) in [5.41, 5.74) is 6.90. The molecule has 4 aromatic carbocycles. The number of carbonyl (C=O) groups excluding carboxylic acids is 2. The summed E-state index contributed by atoms with van der Waals surface area (Å²) >= 11 is 0. The predicted molar refractivity (Wildman–Crippen MR) is 183 cm³/mol. The smallest absolute Gasteiger partial charge is 0.254 e. The van der Waals surface area contributed by atoms with Crippen LogP contribution in [0.25, 0.3) is 11.0 Å². The van der Waals surface area contributed by atoms with Gasteiger partial charge in [-0.05, 0) is 83.6 Å². The molecule has 246 valence electrons. The highest BCUT2D eigenvalue weighted by Crippen LogP contribution is 2.53. The number of rotatable bonds is 10. The summed E-state index contributed by atoms with van der Waals surface area (Å²) in [6.07, 6.45) is 1.12. The van der Waals surface area contributed by atoms with Crippen molar-refractivity contribution < 1.29 is 33.1 Å². The van der Waals surface area contributed by atoms with Crippen molar-refractivity contribution in [2.45, 2.75) is 38.8 Å². The van der Waals surface area contributed by atoms with Crippen LogP contribution in [0.4, 0.5) is 5.69 Å². The van der Waals surface area contributed by atoms with E-state index in [4.69, 9.17) is 18.9 Å². The number of para-hydroxylation sites is 3. The number of methoxy groups -OCH3 is 4. The molecule has 9 nitrogen and oxygen atoms in total. The van der Waals surface area contributed by atoms with Crippen LogP contribution in [0.15, 0.2) is 78.9 Å². The fourth-order valence-corrected chi connectivity index (χ4v) is 7.70. The first-order chi connectivity index (χ1) is 23.4. The number of ether oxygens (including phenoxy) is 4. The third-order valence-corrected chi connectivity index (χ3v) is 10.0. The van der Waals surface area contributed by atoms with Crippen molar-refractivity contribution in [1.82, 2.24) is 4.57 Å². The minimum Gasteiger partial charge on any atom is -0.497 e. The average molecular weight is 647 g/mol. The van der Waals surface area contributed by atoms with Crippen LogP contribution in [-0.2, 0) is 24.3 Å². The molecule has 0 fully saturated rings. The third-order valence-electron chi connectivity index (χ3n) is 10.0. The molecule has 0 radical (unpaired) electrons. The fraction of sp³-hybridized carbons (Fsp3) is 0.308. The van der Waals surface area contributed by atoms with Crippen LogP contribution in [0.2, 0.25) is 0 Å². The number of Topliss-reactive ketones (excluding diaryl/α,β-unsaturated/α-hetero) is 1. The lowest BCUT2D eigenvalue weighted by atomic mass is 9.81. The molecule has 7 rings (SSSR count). The van der Waals surface area contributed by atoms with Crippen LogP contribution in [-0.4, -0.2) is 51.2 Å². The Morgan fingerprint density at radius 2 is 1.54 bits per heavy atom. The molecule has 9 heteroatoms. The number of benzene rings is 4. The molecular formula is C39H40N3O6+. The molecular weight excluding hydrogens is 606 g/mol. The second-order valence-corrected chi connectivity index (χ2v) is 12.4. The summed E-state index contributed by atoms with van der Waals surface area (Å²) in [4.78, 5) is 29.6. The average Bonchev–Trinajstić information content (AvgIpc) is 3.62. The van der Waals surface area contributed by atoms with Crippen molar-refractivity contribution in [3.05, 3.63) is 107 Å². The molecule has 0 unspecified atom stereocenters. The second-order valence-electron chi connectivity index (χ2n) is 12.4. The normalized spacial score (nSPS) is 16.2. The van der Waals surface area contributed by atoms with Crippen LogP contribution in [0.5, 0.6) is 23.0 Å². The van der Waals surface area contributed by atoms with E-state index < -0.39 is 0 Å². The van der Waals surface area contributed by atoms with Gasteiger partial charge in [0.15, 0.2) is 29.1 Å². The van der Waals surface area contributed by atoms with Gasteiger partial charge in [-0.1, -0.05) is 24.3 Å². The molecule has 1 amide bonds. The number of hydrogen-bond acceptors (Lipinski definition) is 6. The van der Waals surface area contributed by atoms with E-state index in [1.807, 2.05) is 52.8 Å². The highest BCUT2D eigenvalue weighted by atomic mass is 16.5. The molecule has 0 saturated heterocycles. The molecule has 1 aromatic heterocycles. The Morgan fingerprint density at radius 1 is 0.812 bits per heavy atom. The third kappa shape index (κ3) is 5.23. The van der Waals surface area contributed by atoms with E-state index >= 15 is 0 Å². The van der Waals surface area contributed by atoms with Gasteiger partial charge in [-0.25, -0.2) is 9.13 Å². The Hall–Kier alpha value is -5.31.